The van der Waals surface area contributed by atoms with Crippen LogP contribution in [-0.2, 0) is 24.1 Å². The fourth-order valence-electron chi connectivity index (χ4n) is 5.35. The van der Waals surface area contributed by atoms with Crippen molar-refractivity contribution < 1.29 is 9.52 Å². The van der Waals surface area contributed by atoms with Crippen LogP contribution in [0.4, 0.5) is 0 Å². The van der Waals surface area contributed by atoms with Crippen LogP contribution in [0.2, 0.25) is 5.02 Å². The third kappa shape index (κ3) is 4.09. The number of carbonyl (C=O) groups is 1. The van der Waals surface area contributed by atoms with E-state index in [0.29, 0.717) is 12.3 Å². The molecule has 1 aliphatic carbocycles. The van der Waals surface area contributed by atoms with Gasteiger partial charge in [-0.15, -0.1) is 0 Å². The minimum atomic E-state index is 0.0240. The van der Waals surface area contributed by atoms with E-state index in [4.69, 9.17) is 11.6 Å². The highest BCUT2D eigenvalue weighted by atomic mass is 35.5. The number of carbonyl (C=O) groups excluding carboxylic acids is 1. The van der Waals surface area contributed by atoms with E-state index >= 15 is 0 Å². The molecule has 0 N–H and O–H groups in total. The van der Waals surface area contributed by atoms with Crippen LogP contribution < -0.4 is 4.73 Å². The molecule has 6 heteroatoms. The molecule has 0 radical (unpaired) electrons. The standard InChI is InChI=1S/C26H26ClN3O2/c27-22-5-6-23-21(17-22)4-3-20-2-1-13-30(32)26(20)25(23)19-9-14-29(15-10-19)24(31)16-18-7-11-28-12-8-18/h1-2,5-8,11-13,17,19,25H,3-4,9-10,14-16H2. The lowest BCUT2D eigenvalue weighted by atomic mass is 9.76. The van der Waals surface area contributed by atoms with Gasteiger partial charge in [0.1, 0.15) is 0 Å². The summed E-state index contributed by atoms with van der Waals surface area (Å²) < 4.78 is 1.06. The highest BCUT2D eigenvalue weighted by Gasteiger charge is 2.38. The number of pyridine rings is 2. The number of piperidine rings is 1. The lowest BCUT2D eigenvalue weighted by Gasteiger charge is -2.36. The average molecular weight is 448 g/mol. The Labute approximate surface area is 193 Å². The van der Waals surface area contributed by atoms with Gasteiger partial charge in [-0.25, -0.2) is 0 Å². The molecular weight excluding hydrogens is 422 g/mol. The van der Waals surface area contributed by atoms with E-state index in [0.717, 1.165) is 65.3 Å². The highest BCUT2D eigenvalue weighted by Crippen LogP contribution is 2.42. The summed E-state index contributed by atoms with van der Waals surface area (Å²) in [6.45, 7) is 1.43. The molecule has 164 valence electrons. The van der Waals surface area contributed by atoms with Crippen molar-refractivity contribution >= 4 is 17.5 Å². The van der Waals surface area contributed by atoms with Crippen LogP contribution in [0.25, 0.3) is 0 Å². The van der Waals surface area contributed by atoms with Gasteiger partial charge in [0, 0.05) is 42.1 Å². The normalized spacial score (nSPS) is 18.5. The van der Waals surface area contributed by atoms with Gasteiger partial charge in [0.25, 0.3) is 0 Å². The highest BCUT2D eigenvalue weighted by molar-refractivity contribution is 6.30. The maximum atomic E-state index is 12.9. The molecule has 1 atom stereocenters. The number of benzene rings is 1. The number of hydrogen-bond acceptors (Lipinski definition) is 3. The zero-order valence-electron chi connectivity index (χ0n) is 17.9. The Morgan fingerprint density at radius 3 is 2.62 bits per heavy atom. The van der Waals surface area contributed by atoms with Gasteiger partial charge in [0.15, 0.2) is 6.20 Å². The Bertz CT molecular complexity index is 1130. The summed E-state index contributed by atoms with van der Waals surface area (Å²) in [6.07, 6.45) is 8.94. The van der Waals surface area contributed by atoms with Crippen LogP contribution >= 0.6 is 11.6 Å². The average Bonchev–Trinajstić information content (AvgIpc) is 2.97. The Morgan fingerprint density at radius 2 is 1.84 bits per heavy atom. The molecule has 3 aromatic rings. The Balaban J connectivity index is 1.40. The molecule has 0 saturated carbocycles. The predicted molar refractivity (Wildman–Crippen MR) is 123 cm³/mol. The molecule has 1 aliphatic heterocycles. The van der Waals surface area contributed by atoms with Gasteiger partial charge in [-0.1, -0.05) is 17.7 Å². The number of rotatable bonds is 3. The first-order valence-corrected chi connectivity index (χ1v) is 11.6. The summed E-state index contributed by atoms with van der Waals surface area (Å²) in [4.78, 5) is 18.8. The van der Waals surface area contributed by atoms with E-state index in [1.165, 1.54) is 11.1 Å². The minimum Gasteiger partial charge on any atom is -0.618 e. The third-order valence-electron chi connectivity index (χ3n) is 6.95. The number of amides is 1. The molecule has 5 nitrogen and oxygen atoms in total. The first-order chi connectivity index (χ1) is 15.6. The summed E-state index contributed by atoms with van der Waals surface area (Å²) in [5.74, 6) is 0.484. The largest absolute Gasteiger partial charge is 0.618 e. The first kappa shape index (κ1) is 21.0. The zero-order chi connectivity index (χ0) is 22.1. The van der Waals surface area contributed by atoms with Gasteiger partial charge in [-0.2, -0.15) is 4.73 Å². The molecule has 1 unspecified atom stereocenters. The number of nitrogens with zero attached hydrogens (tertiary/aromatic N) is 3. The molecule has 1 aromatic carbocycles. The van der Waals surface area contributed by atoms with E-state index in [-0.39, 0.29) is 11.8 Å². The molecule has 5 rings (SSSR count). The number of aromatic nitrogens is 2. The van der Waals surface area contributed by atoms with Gasteiger partial charge in [0.05, 0.1) is 12.3 Å². The van der Waals surface area contributed by atoms with Crippen LogP contribution in [0.3, 0.4) is 0 Å². The lowest BCUT2D eigenvalue weighted by molar-refractivity contribution is -0.616. The SMILES string of the molecule is O=C(Cc1ccncc1)N1CCC(C2c3ccc(Cl)cc3CCc3ccc[n+]([O-])c32)CC1. The third-order valence-corrected chi connectivity index (χ3v) is 7.19. The number of halogens is 1. The van der Waals surface area contributed by atoms with Crippen LogP contribution in [-0.4, -0.2) is 28.9 Å². The first-order valence-electron chi connectivity index (χ1n) is 11.3. The predicted octanol–water partition coefficient (Wildman–Crippen LogP) is 4.08. The fraction of sp³-hybridized carbons (Fsp3) is 0.346. The van der Waals surface area contributed by atoms with E-state index < -0.39 is 0 Å². The van der Waals surface area contributed by atoms with Gasteiger partial charge in [0.2, 0.25) is 11.6 Å². The molecule has 0 spiro atoms. The summed E-state index contributed by atoms with van der Waals surface area (Å²) in [7, 11) is 0. The molecule has 0 bridgehead atoms. The second-order valence-corrected chi connectivity index (χ2v) is 9.25. The monoisotopic (exact) mass is 447 g/mol. The second-order valence-electron chi connectivity index (χ2n) is 8.82. The molecule has 1 saturated heterocycles. The van der Waals surface area contributed by atoms with Gasteiger partial charge in [-0.3, -0.25) is 9.78 Å². The van der Waals surface area contributed by atoms with Crippen LogP contribution in [0, 0.1) is 11.1 Å². The van der Waals surface area contributed by atoms with Gasteiger partial charge < -0.3 is 10.1 Å². The molecule has 2 aliphatic rings. The Hall–Kier alpha value is -2.92. The maximum absolute atomic E-state index is 12.9. The van der Waals surface area contributed by atoms with Crippen molar-refractivity contribution in [2.24, 2.45) is 5.92 Å². The molecule has 1 fully saturated rings. The van der Waals surface area contributed by atoms with E-state index in [9.17, 15) is 10.0 Å². The van der Waals surface area contributed by atoms with Gasteiger partial charge in [-0.05, 0) is 78.6 Å². The van der Waals surface area contributed by atoms with Crippen molar-refractivity contribution in [3.8, 4) is 0 Å². The fourth-order valence-corrected chi connectivity index (χ4v) is 5.54. The van der Waals surface area contributed by atoms with Crippen molar-refractivity contribution in [1.82, 2.24) is 9.88 Å². The van der Waals surface area contributed by atoms with Crippen LogP contribution in [0.1, 0.15) is 46.7 Å². The molecule has 3 heterocycles. The molecule has 1 amide bonds. The lowest BCUT2D eigenvalue weighted by Crippen LogP contribution is -2.43. The number of likely N-dealkylation sites (tertiary alicyclic amines) is 1. The summed E-state index contributed by atoms with van der Waals surface area (Å²) in [5.41, 5.74) is 5.43. The number of aryl methyl sites for hydroxylation is 2. The minimum absolute atomic E-state index is 0.0240. The van der Waals surface area contributed by atoms with Crippen LogP contribution in [0.15, 0.2) is 61.1 Å². The zero-order valence-corrected chi connectivity index (χ0v) is 18.7. The number of hydrogen-bond donors (Lipinski definition) is 0. The van der Waals surface area contributed by atoms with Crippen LogP contribution in [0.5, 0.6) is 0 Å². The topological polar surface area (TPSA) is 60.1 Å². The summed E-state index contributed by atoms with van der Waals surface area (Å²) in [5, 5.41) is 13.7. The van der Waals surface area contributed by atoms with Crippen molar-refractivity contribution in [3.63, 3.8) is 0 Å². The summed E-state index contributed by atoms with van der Waals surface area (Å²) >= 11 is 6.31. The van der Waals surface area contributed by atoms with Crippen molar-refractivity contribution in [2.45, 2.75) is 38.0 Å². The number of fused-ring (bicyclic) bond motifs is 2. The molecular formula is C26H26ClN3O2. The summed E-state index contributed by atoms with van der Waals surface area (Å²) in [6, 6.07) is 13.8. The van der Waals surface area contributed by atoms with E-state index in [1.54, 1.807) is 18.6 Å². The van der Waals surface area contributed by atoms with Crippen molar-refractivity contribution in [3.05, 3.63) is 99.2 Å². The van der Waals surface area contributed by atoms with Crippen molar-refractivity contribution in [2.75, 3.05) is 13.1 Å². The quantitative estimate of drug-likeness (QED) is 0.449. The maximum Gasteiger partial charge on any atom is 0.226 e. The smallest absolute Gasteiger partial charge is 0.226 e. The molecule has 2 aromatic heterocycles. The Kier molecular flexibility index (Phi) is 5.83. The molecule has 32 heavy (non-hydrogen) atoms. The Morgan fingerprint density at radius 1 is 1.09 bits per heavy atom. The van der Waals surface area contributed by atoms with Crippen molar-refractivity contribution in [1.29, 1.82) is 0 Å². The van der Waals surface area contributed by atoms with E-state index in [1.807, 2.05) is 29.2 Å². The second kappa shape index (κ2) is 8.91. The van der Waals surface area contributed by atoms with Gasteiger partial charge >= 0.3 is 0 Å². The van der Waals surface area contributed by atoms with E-state index in [2.05, 4.69) is 23.2 Å².